The molecule has 1 saturated heterocycles. The molecule has 0 bridgehead atoms. The van der Waals surface area contributed by atoms with E-state index in [2.05, 4.69) is 20.0 Å². The molecule has 2 aromatic heterocycles. The first kappa shape index (κ1) is 20.7. The summed E-state index contributed by atoms with van der Waals surface area (Å²) in [6, 6.07) is 2.22. The van der Waals surface area contributed by atoms with Gasteiger partial charge in [0.05, 0.1) is 0 Å². The van der Waals surface area contributed by atoms with E-state index in [0.29, 0.717) is 5.78 Å². The van der Waals surface area contributed by atoms with Gasteiger partial charge in [-0.1, -0.05) is 0 Å². The van der Waals surface area contributed by atoms with E-state index >= 15 is 0 Å². The highest BCUT2D eigenvalue weighted by atomic mass is 35.5. The normalized spacial score (nSPS) is 22.8. The predicted molar refractivity (Wildman–Crippen MR) is 104 cm³/mol. The van der Waals surface area contributed by atoms with Crippen molar-refractivity contribution < 1.29 is 4.79 Å². The van der Waals surface area contributed by atoms with Crippen LogP contribution in [0.25, 0.3) is 5.78 Å². The molecule has 3 heterocycles. The fraction of sp³-hybridized carbons (Fsp3) is 0.625. The number of aryl methyl sites for hydroxylation is 1. The highest BCUT2D eigenvalue weighted by Crippen LogP contribution is 2.27. The van der Waals surface area contributed by atoms with Crippen molar-refractivity contribution in [1.82, 2.24) is 24.5 Å². The zero-order chi connectivity index (χ0) is 16.7. The third kappa shape index (κ3) is 3.87. The number of fused-ring (bicyclic) bond motifs is 1. The van der Waals surface area contributed by atoms with Crippen LogP contribution in [0.5, 0.6) is 0 Å². The van der Waals surface area contributed by atoms with E-state index < -0.39 is 0 Å². The predicted octanol–water partition coefficient (Wildman–Crippen LogP) is 1.05. The Morgan fingerprint density at radius 2 is 1.92 bits per heavy atom. The Hall–Kier alpha value is -1.64. The lowest BCUT2D eigenvalue weighted by Crippen LogP contribution is -2.50. The number of halogens is 2. The second kappa shape index (κ2) is 8.37. The van der Waals surface area contributed by atoms with Gasteiger partial charge in [-0.25, -0.2) is 4.98 Å². The molecular formula is C16H25Cl2N7O. The first-order valence-corrected chi connectivity index (χ1v) is 8.58. The van der Waals surface area contributed by atoms with Crippen molar-refractivity contribution in [3.05, 3.63) is 18.1 Å². The van der Waals surface area contributed by atoms with Crippen molar-refractivity contribution >= 4 is 42.3 Å². The maximum absolute atomic E-state index is 12.6. The van der Waals surface area contributed by atoms with Gasteiger partial charge in [0.25, 0.3) is 5.78 Å². The second-order valence-electron chi connectivity index (χ2n) is 6.81. The van der Waals surface area contributed by atoms with Crippen molar-refractivity contribution in [2.75, 3.05) is 31.1 Å². The van der Waals surface area contributed by atoms with Crippen LogP contribution in [0.1, 0.15) is 25.0 Å². The maximum Gasteiger partial charge on any atom is 0.254 e. The molecule has 144 valence electrons. The molecule has 2 fully saturated rings. The van der Waals surface area contributed by atoms with Crippen LogP contribution in [-0.4, -0.2) is 62.6 Å². The first-order valence-electron chi connectivity index (χ1n) is 8.58. The summed E-state index contributed by atoms with van der Waals surface area (Å²) in [6.45, 7) is 5.03. The Labute approximate surface area is 165 Å². The molecule has 2 atom stereocenters. The summed E-state index contributed by atoms with van der Waals surface area (Å²) in [5.74, 6) is 2.00. The van der Waals surface area contributed by atoms with Crippen molar-refractivity contribution in [1.29, 1.82) is 0 Å². The molecular weight excluding hydrogens is 377 g/mol. The highest BCUT2D eigenvalue weighted by Gasteiger charge is 2.32. The maximum atomic E-state index is 12.6. The van der Waals surface area contributed by atoms with Gasteiger partial charge in [0.15, 0.2) is 0 Å². The van der Waals surface area contributed by atoms with E-state index in [1.54, 1.807) is 4.52 Å². The second-order valence-corrected chi connectivity index (χ2v) is 6.81. The SMILES string of the molecule is Cc1cc(N2CCN(C(=O)C3CCC(N)C3)CC2)n2ncnc2n1.Cl.Cl. The molecule has 26 heavy (non-hydrogen) atoms. The van der Waals surface area contributed by atoms with Crippen molar-refractivity contribution in [3.8, 4) is 0 Å². The molecule has 0 aromatic carbocycles. The van der Waals surface area contributed by atoms with Gasteiger partial charge in [-0.2, -0.15) is 14.6 Å². The van der Waals surface area contributed by atoms with E-state index in [1.807, 2.05) is 17.9 Å². The van der Waals surface area contributed by atoms with Gasteiger partial charge in [-0.05, 0) is 26.2 Å². The van der Waals surface area contributed by atoms with Crippen LogP contribution in [0.4, 0.5) is 5.82 Å². The van der Waals surface area contributed by atoms with E-state index in [0.717, 1.165) is 57.0 Å². The average molecular weight is 402 g/mol. The van der Waals surface area contributed by atoms with E-state index in [9.17, 15) is 4.79 Å². The lowest BCUT2D eigenvalue weighted by molar-refractivity contribution is -0.135. The Bertz CT molecular complexity index is 760. The first-order chi connectivity index (χ1) is 11.6. The van der Waals surface area contributed by atoms with E-state index in [-0.39, 0.29) is 42.7 Å². The molecule has 2 aromatic rings. The van der Waals surface area contributed by atoms with Crippen LogP contribution in [0.15, 0.2) is 12.4 Å². The molecule has 0 spiro atoms. The third-order valence-corrected chi connectivity index (χ3v) is 5.10. The molecule has 10 heteroatoms. The van der Waals surface area contributed by atoms with Crippen LogP contribution in [-0.2, 0) is 4.79 Å². The summed E-state index contributed by atoms with van der Waals surface area (Å²) < 4.78 is 1.76. The summed E-state index contributed by atoms with van der Waals surface area (Å²) >= 11 is 0. The summed E-state index contributed by atoms with van der Waals surface area (Å²) in [5.41, 5.74) is 6.87. The van der Waals surface area contributed by atoms with E-state index in [1.165, 1.54) is 6.33 Å². The van der Waals surface area contributed by atoms with Gasteiger partial charge >= 0.3 is 0 Å². The minimum atomic E-state index is 0. The van der Waals surface area contributed by atoms with Gasteiger partial charge in [-0.3, -0.25) is 4.79 Å². The highest BCUT2D eigenvalue weighted by molar-refractivity contribution is 5.85. The minimum Gasteiger partial charge on any atom is -0.353 e. The van der Waals surface area contributed by atoms with E-state index in [4.69, 9.17) is 5.73 Å². The summed E-state index contributed by atoms with van der Waals surface area (Å²) in [7, 11) is 0. The molecule has 2 unspecified atom stereocenters. The number of anilines is 1. The standard InChI is InChI=1S/C16H23N7O.2ClH/c1-11-8-14(23-16(20-11)18-10-19-23)21-4-6-22(7-5-21)15(24)12-2-3-13(17)9-12;;/h8,10,12-13H,2-7,9,17H2,1H3;2*1H. The van der Waals surface area contributed by atoms with Gasteiger partial charge in [0.1, 0.15) is 12.1 Å². The number of nitrogens with two attached hydrogens (primary N) is 1. The number of hydrogen-bond donors (Lipinski definition) is 1. The van der Waals surface area contributed by atoms with Gasteiger partial charge in [0.2, 0.25) is 5.91 Å². The van der Waals surface area contributed by atoms with Crippen molar-refractivity contribution in [2.45, 2.75) is 32.2 Å². The number of carbonyl (C=O) groups excluding carboxylic acids is 1. The number of aromatic nitrogens is 4. The summed E-state index contributed by atoms with van der Waals surface area (Å²) in [5, 5.41) is 4.27. The Balaban J connectivity index is 0.00000121. The topological polar surface area (TPSA) is 92.7 Å². The number of piperazine rings is 1. The molecule has 4 rings (SSSR count). The Morgan fingerprint density at radius 1 is 1.19 bits per heavy atom. The largest absolute Gasteiger partial charge is 0.353 e. The lowest BCUT2D eigenvalue weighted by atomic mass is 10.1. The smallest absolute Gasteiger partial charge is 0.254 e. The van der Waals surface area contributed by atoms with Gasteiger partial charge in [-0.15, -0.1) is 24.8 Å². The van der Waals surface area contributed by atoms with Crippen LogP contribution in [0, 0.1) is 12.8 Å². The number of rotatable bonds is 2. The fourth-order valence-corrected chi connectivity index (χ4v) is 3.79. The van der Waals surface area contributed by atoms with Crippen molar-refractivity contribution in [3.63, 3.8) is 0 Å². The number of carbonyl (C=O) groups is 1. The minimum absolute atomic E-state index is 0. The molecule has 8 nitrogen and oxygen atoms in total. The van der Waals surface area contributed by atoms with Crippen LogP contribution >= 0.6 is 24.8 Å². The Kier molecular flexibility index (Phi) is 6.65. The summed E-state index contributed by atoms with van der Waals surface area (Å²) in [4.78, 5) is 25.4. The molecule has 2 aliphatic rings. The fourth-order valence-electron chi connectivity index (χ4n) is 3.79. The molecule has 2 N–H and O–H groups in total. The molecule has 1 aliphatic carbocycles. The van der Waals surface area contributed by atoms with Crippen molar-refractivity contribution in [2.24, 2.45) is 11.7 Å². The number of hydrogen-bond acceptors (Lipinski definition) is 6. The third-order valence-electron chi connectivity index (χ3n) is 5.10. The Morgan fingerprint density at radius 3 is 2.58 bits per heavy atom. The molecule has 0 radical (unpaired) electrons. The summed E-state index contributed by atoms with van der Waals surface area (Å²) in [6.07, 6.45) is 4.26. The van der Waals surface area contributed by atoms with Crippen LogP contribution < -0.4 is 10.6 Å². The zero-order valence-corrected chi connectivity index (χ0v) is 16.4. The molecule has 1 saturated carbocycles. The van der Waals surface area contributed by atoms with Crippen LogP contribution in [0.2, 0.25) is 0 Å². The monoisotopic (exact) mass is 401 g/mol. The molecule has 1 amide bonds. The zero-order valence-electron chi connectivity index (χ0n) is 14.7. The number of amides is 1. The van der Waals surface area contributed by atoms with Crippen LogP contribution in [0.3, 0.4) is 0 Å². The van der Waals surface area contributed by atoms with Gasteiger partial charge in [0, 0.05) is 49.9 Å². The molecule has 1 aliphatic heterocycles. The quantitative estimate of drug-likeness (QED) is 0.808. The van der Waals surface area contributed by atoms with Gasteiger partial charge < -0.3 is 15.5 Å². The lowest BCUT2D eigenvalue weighted by Gasteiger charge is -2.37. The number of nitrogens with zero attached hydrogens (tertiary/aromatic N) is 6. The average Bonchev–Trinajstić information content (AvgIpc) is 3.22.